The summed E-state index contributed by atoms with van der Waals surface area (Å²) in [5.74, 6) is 1.71. The predicted molar refractivity (Wildman–Crippen MR) is 67.9 cm³/mol. The summed E-state index contributed by atoms with van der Waals surface area (Å²) in [5.41, 5.74) is 1.28. The fourth-order valence-electron chi connectivity index (χ4n) is 2.53. The number of nitrogens with zero attached hydrogens (tertiary/aromatic N) is 1. The van der Waals surface area contributed by atoms with E-state index in [0.717, 1.165) is 50.4 Å². The van der Waals surface area contributed by atoms with Crippen molar-refractivity contribution in [1.82, 2.24) is 4.90 Å². The second-order valence-electron chi connectivity index (χ2n) is 5.01. The van der Waals surface area contributed by atoms with Gasteiger partial charge in [0.05, 0.1) is 6.10 Å². The summed E-state index contributed by atoms with van der Waals surface area (Å²) in [6, 6.07) is 6.16. The Balaban J connectivity index is 1.54. The van der Waals surface area contributed by atoms with E-state index in [1.54, 1.807) is 0 Å². The predicted octanol–water partition coefficient (Wildman–Crippen LogP) is 1.41. The first-order valence-electron chi connectivity index (χ1n) is 6.60. The monoisotopic (exact) mass is 249 g/mol. The Morgan fingerprint density at radius 2 is 1.94 bits per heavy atom. The summed E-state index contributed by atoms with van der Waals surface area (Å²) in [5, 5.41) is 9.46. The lowest BCUT2D eigenvalue weighted by atomic mass is 10.1. The van der Waals surface area contributed by atoms with Crippen molar-refractivity contribution >= 4 is 0 Å². The molecule has 98 valence electrons. The second kappa shape index (κ2) is 5.16. The van der Waals surface area contributed by atoms with E-state index in [9.17, 15) is 5.11 Å². The molecule has 4 heteroatoms. The molecule has 3 rings (SSSR count). The molecule has 18 heavy (non-hydrogen) atoms. The highest BCUT2D eigenvalue weighted by Gasteiger charge is 2.17. The van der Waals surface area contributed by atoms with Crippen molar-refractivity contribution in [2.45, 2.75) is 25.4 Å². The number of fused-ring (bicyclic) bond motifs is 1. The van der Waals surface area contributed by atoms with Crippen LogP contribution in [0, 0.1) is 0 Å². The van der Waals surface area contributed by atoms with Crippen LogP contribution in [0.25, 0.3) is 0 Å². The zero-order chi connectivity index (χ0) is 12.4. The molecule has 0 unspecified atom stereocenters. The van der Waals surface area contributed by atoms with Gasteiger partial charge < -0.3 is 19.5 Å². The zero-order valence-corrected chi connectivity index (χ0v) is 10.5. The molecular formula is C14H19NO3. The van der Waals surface area contributed by atoms with Crippen molar-refractivity contribution in [3.05, 3.63) is 23.8 Å². The van der Waals surface area contributed by atoms with Gasteiger partial charge in [0.25, 0.3) is 0 Å². The molecular weight excluding hydrogens is 230 g/mol. The van der Waals surface area contributed by atoms with Crippen LogP contribution >= 0.6 is 0 Å². The van der Waals surface area contributed by atoms with Gasteiger partial charge in [-0.05, 0) is 37.0 Å². The molecule has 0 spiro atoms. The van der Waals surface area contributed by atoms with Gasteiger partial charge in [-0.25, -0.2) is 0 Å². The van der Waals surface area contributed by atoms with Gasteiger partial charge in [0.15, 0.2) is 11.5 Å². The topological polar surface area (TPSA) is 41.9 Å². The first-order valence-corrected chi connectivity index (χ1v) is 6.60. The van der Waals surface area contributed by atoms with E-state index in [2.05, 4.69) is 17.0 Å². The highest BCUT2D eigenvalue weighted by atomic mass is 16.7. The van der Waals surface area contributed by atoms with E-state index in [0.29, 0.717) is 6.79 Å². The summed E-state index contributed by atoms with van der Waals surface area (Å²) < 4.78 is 10.7. The molecule has 4 nitrogen and oxygen atoms in total. The van der Waals surface area contributed by atoms with Crippen molar-refractivity contribution in [2.24, 2.45) is 0 Å². The van der Waals surface area contributed by atoms with Crippen LogP contribution in [0.2, 0.25) is 0 Å². The molecule has 0 radical (unpaired) electrons. The van der Waals surface area contributed by atoms with E-state index in [1.165, 1.54) is 5.56 Å². The van der Waals surface area contributed by atoms with E-state index in [4.69, 9.17) is 9.47 Å². The quantitative estimate of drug-likeness (QED) is 0.879. The van der Waals surface area contributed by atoms with Crippen molar-refractivity contribution in [3.8, 4) is 11.5 Å². The van der Waals surface area contributed by atoms with Gasteiger partial charge in [-0.15, -0.1) is 0 Å². The van der Waals surface area contributed by atoms with Crippen LogP contribution in [0.3, 0.4) is 0 Å². The minimum Gasteiger partial charge on any atom is -0.454 e. The normalized spacial score (nSPS) is 20.3. The Labute approximate surface area is 107 Å². The lowest BCUT2D eigenvalue weighted by molar-refractivity contribution is 0.0832. The molecule has 1 saturated heterocycles. The molecule has 0 saturated carbocycles. The Morgan fingerprint density at radius 3 is 2.78 bits per heavy atom. The first-order chi connectivity index (χ1) is 8.81. The molecule has 1 aromatic rings. The van der Waals surface area contributed by atoms with Crippen molar-refractivity contribution in [2.75, 3.05) is 26.4 Å². The van der Waals surface area contributed by atoms with Crippen LogP contribution in [0.4, 0.5) is 0 Å². The first kappa shape index (κ1) is 11.8. The van der Waals surface area contributed by atoms with Crippen molar-refractivity contribution in [1.29, 1.82) is 0 Å². The Morgan fingerprint density at radius 1 is 1.17 bits per heavy atom. The molecule has 1 aromatic carbocycles. The fraction of sp³-hybridized carbons (Fsp3) is 0.571. The summed E-state index contributed by atoms with van der Waals surface area (Å²) in [7, 11) is 0. The number of rotatable bonds is 3. The van der Waals surface area contributed by atoms with Gasteiger partial charge >= 0.3 is 0 Å². The summed E-state index contributed by atoms with van der Waals surface area (Å²) in [6.07, 6.45) is 2.74. The SMILES string of the molecule is OC1CCN(CCc2ccc3c(c2)OCO3)CC1. The number of aliphatic hydroxyl groups is 1. The third-order valence-corrected chi connectivity index (χ3v) is 3.71. The van der Waals surface area contributed by atoms with Crippen LogP contribution in [-0.2, 0) is 6.42 Å². The molecule has 1 fully saturated rings. The maximum absolute atomic E-state index is 9.46. The minimum atomic E-state index is -0.0909. The van der Waals surface area contributed by atoms with Crippen LogP contribution in [-0.4, -0.2) is 42.5 Å². The Hall–Kier alpha value is -1.26. The number of hydrogen-bond donors (Lipinski definition) is 1. The van der Waals surface area contributed by atoms with Gasteiger partial charge in [0.1, 0.15) is 0 Å². The summed E-state index contributed by atoms with van der Waals surface area (Å²) in [6.45, 7) is 3.40. The van der Waals surface area contributed by atoms with Gasteiger partial charge in [-0.1, -0.05) is 6.07 Å². The lowest BCUT2D eigenvalue weighted by Crippen LogP contribution is -2.37. The maximum atomic E-state index is 9.46. The van der Waals surface area contributed by atoms with Gasteiger partial charge in [0.2, 0.25) is 6.79 Å². The summed E-state index contributed by atoms with van der Waals surface area (Å²) >= 11 is 0. The number of likely N-dealkylation sites (tertiary alicyclic amines) is 1. The molecule has 0 aromatic heterocycles. The standard InChI is InChI=1S/C14H19NO3/c16-12-4-7-15(8-5-12)6-3-11-1-2-13-14(9-11)18-10-17-13/h1-2,9,12,16H,3-8,10H2. The largest absolute Gasteiger partial charge is 0.454 e. The summed E-state index contributed by atoms with van der Waals surface area (Å²) in [4.78, 5) is 2.41. The number of ether oxygens (including phenoxy) is 2. The fourth-order valence-corrected chi connectivity index (χ4v) is 2.53. The van der Waals surface area contributed by atoms with Gasteiger partial charge in [-0.3, -0.25) is 0 Å². The average Bonchev–Trinajstić information content (AvgIpc) is 2.85. The molecule has 2 heterocycles. The van der Waals surface area contributed by atoms with Crippen LogP contribution < -0.4 is 9.47 Å². The van der Waals surface area contributed by atoms with Crippen LogP contribution in [0.15, 0.2) is 18.2 Å². The highest BCUT2D eigenvalue weighted by molar-refractivity contribution is 5.44. The number of aliphatic hydroxyl groups excluding tert-OH is 1. The van der Waals surface area contributed by atoms with Crippen molar-refractivity contribution in [3.63, 3.8) is 0 Å². The minimum absolute atomic E-state index is 0.0909. The molecule has 2 aliphatic rings. The third kappa shape index (κ3) is 2.60. The van der Waals surface area contributed by atoms with Crippen LogP contribution in [0.5, 0.6) is 11.5 Å². The lowest BCUT2D eigenvalue weighted by Gasteiger charge is -2.29. The third-order valence-electron chi connectivity index (χ3n) is 3.71. The smallest absolute Gasteiger partial charge is 0.231 e. The Bertz CT molecular complexity index is 414. The van der Waals surface area contributed by atoms with E-state index in [-0.39, 0.29) is 6.10 Å². The molecule has 0 atom stereocenters. The second-order valence-corrected chi connectivity index (χ2v) is 5.01. The molecule has 0 amide bonds. The van der Waals surface area contributed by atoms with E-state index in [1.807, 2.05) is 6.07 Å². The van der Waals surface area contributed by atoms with Gasteiger partial charge in [0, 0.05) is 19.6 Å². The maximum Gasteiger partial charge on any atom is 0.231 e. The van der Waals surface area contributed by atoms with E-state index >= 15 is 0 Å². The average molecular weight is 249 g/mol. The number of hydrogen-bond acceptors (Lipinski definition) is 4. The van der Waals surface area contributed by atoms with Crippen molar-refractivity contribution < 1.29 is 14.6 Å². The highest BCUT2D eigenvalue weighted by Crippen LogP contribution is 2.32. The van der Waals surface area contributed by atoms with E-state index < -0.39 is 0 Å². The molecule has 2 aliphatic heterocycles. The Kier molecular flexibility index (Phi) is 3.39. The van der Waals surface area contributed by atoms with Crippen LogP contribution in [0.1, 0.15) is 18.4 Å². The number of benzene rings is 1. The van der Waals surface area contributed by atoms with Gasteiger partial charge in [-0.2, -0.15) is 0 Å². The molecule has 0 bridgehead atoms. The zero-order valence-electron chi connectivity index (χ0n) is 10.5. The number of piperidine rings is 1. The molecule has 0 aliphatic carbocycles. The molecule has 1 N–H and O–H groups in total.